The Morgan fingerprint density at radius 3 is 2.19 bits per heavy atom. The van der Waals surface area contributed by atoms with E-state index in [0.717, 1.165) is 17.0 Å². The van der Waals surface area contributed by atoms with Crippen LogP contribution in [-0.2, 0) is 9.53 Å². The van der Waals surface area contributed by atoms with Gasteiger partial charge in [0.25, 0.3) is 5.91 Å². The highest BCUT2D eigenvalue weighted by atomic mass is 16.5. The fourth-order valence-electron chi connectivity index (χ4n) is 4.13. The lowest BCUT2D eigenvalue weighted by atomic mass is 10.1. The van der Waals surface area contributed by atoms with Crippen molar-refractivity contribution in [2.75, 3.05) is 50.6 Å². The molecule has 190 valence electrons. The highest BCUT2D eigenvalue weighted by Crippen LogP contribution is 2.29. The van der Waals surface area contributed by atoms with Gasteiger partial charge in [0, 0.05) is 37.8 Å². The maximum atomic E-state index is 12.8. The van der Waals surface area contributed by atoms with E-state index in [2.05, 4.69) is 10.2 Å². The van der Waals surface area contributed by atoms with Gasteiger partial charge >= 0.3 is 5.97 Å². The lowest BCUT2D eigenvalue weighted by Crippen LogP contribution is -2.49. The number of methoxy groups -OCH3 is 2. The van der Waals surface area contributed by atoms with Gasteiger partial charge in [-0.15, -0.1) is 0 Å². The van der Waals surface area contributed by atoms with Crippen LogP contribution in [0, 0.1) is 0 Å². The summed E-state index contributed by atoms with van der Waals surface area (Å²) in [5, 5.41) is 2.90. The van der Waals surface area contributed by atoms with Crippen molar-refractivity contribution in [3.63, 3.8) is 0 Å². The standard InChI is InChI=1S/C29H29N3O5/c1-36-24-12-8-21(9-13-24)10-15-27(33)30-25-20-23(29(35)37-2)11-14-26(25)31-16-18-32(19-17-31)28(34)22-6-4-3-5-7-22/h3-15,20H,16-19H2,1-2H3,(H,30,33)/b15-10+. The number of ether oxygens (including phenoxy) is 2. The molecule has 4 rings (SSSR count). The lowest BCUT2D eigenvalue weighted by Gasteiger charge is -2.37. The van der Waals surface area contributed by atoms with Crippen LogP contribution in [0.25, 0.3) is 6.08 Å². The zero-order chi connectivity index (χ0) is 26.2. The number of esters is 1. The van der Waals surface area contributed by atoms with Crippen LogP contribution in [0.2, 0.25) is 0 Å². The molecule has 1 heterocycles. The first-order chi connectivity index (χ1) is 18.0. The quantitative estimate of drug-likeness (QED) is 0.389. The molecule has 1 fully saturated rings. The minimum atomic E-state index is -0.492. The number of carbonyl (C=O) groups excluding carboxylic acids is 3. The lowest BCUT2D eigenvalue weighted by molar-refractivity contribution is -0.111. The molecule has 3 aromatic rings. The third-order valence-corrected chi connectivity index (χ3v) is 6.15. The van der Waals surface area contributed by atoms with Gasteiger partial charge in [0.1, 0.15) is 5.75 Å². The topological polar surface area (TPSA) is 88.2 Å². The van der Waals surface area contributed by atoms with E-state index in [4.69, 9.17) is 9.47 Å². The minimum Gasteiger partial charge on any atom is -0.497 e. The van der Waals surface area contributed by atoms with Crippen LogP contribution < -0.4 is 15.0 Å². The van der Waals surface area contributed by atoms with E-state index >= 15 is 0 Å². The summed E-state index contributed by atoms with van der Waals surface area (Å²) in [7, 11) is 2.91. The molecule has 8 heteroatoms. The van der Waals surface area contributed by atoms with Gasteiger partial charge in [-0.25, -0.2) is 4.79 Å². The van der Waals surface area contributed by atoms with Crippen molar-refractivity contribution in [3.05, 3.63) is 95.6 Å². The molecule has 3 aromatic carbocycles. The van der Waals surface area contributed by atoms with E-state index in [1.54, 1.807) is 31.4 Å². The normalized spacial score (nSPS) is 13.4. The maximum absolute atomic E-state index is 12.8. The number of amides is 2. The van der Waals surface area contributed by atoms with Crippen molar-refractivity contribution in [2.45, 2.75) is 0 Å². The Hall–Kier alpha value is -4.59. The zero-order valence-electron chi connectivity index (χ0n) is 20.8. The van der Waals surface area contributed by atoms with Gasteiger partial charge < -0.3 is 24.6 Å². The smallest absolute Gasteiger partial charge is 0.337 e. The van der Waals surface area contributed by atoms with Crippen LogP contribution in [0.4, 0.5) is 11.4 Å². The number of benzene rings is 3. The second kappa shape index (κ2) is 11.9. The molecule has 2 amide bonds. The summed E-state index contributed by atoms with van der Waals surface area (Å²) in [5.74, 6) is -0.0963. The second-order valence-electron chi connectivity index (χ2n) is 8.46. The molecule has 0 aromatic heterocycles. The molecule has 1 N–H and O–H groups in total. The number of rotatable bonds is 7. The molecule has 0 radical (unpaired) electrons. The second-order valence-corrected chi connectivity index (χ2v) is 8.46. The average Bonchev–Trinajstić information content (AvgIpc) is 2.96. The number of carbonyl (C=O) groups is 3. The highest BCUT2D eigenvalue weighted by Gasteiger charge is 2.24. The first-order valence-electron chi connectivity index (χ1n) is 11.9. The van der Waals surface area contributed by atoms with Gasteiger partial charge in [-0.2, -0.15) is 0 Å². The Morgan fingerprint density at radius 1 is 0.838 bits per heavy atom. The Morgan fingerprint density at radius 2 is 1.54 bits per heavy atom. The van der Waals surface area contributed by atoms with Crippen LogP contribution in [0.15, 0.2) is 78.9 Å². The summed E-state index contributed by atoms with van der Waals surface area (Å²) in [6, 6.07) is 21.6. The molecule has 0 bridgehead atoms. The van der Waals surface area contributed by atoms with Gasteiger partial charge in [-0.05, 0) is 54.1 Å². The molecule has 8 nitrogen and oxygen atoms in total. The minimum absolute atomic E-state index is 0.00140. The van der Waals surface area contributed by atoms with E-state index in [-0.39, 0.29) is 11.8 Å². The molecule has 0 saturated carbocycles. The number of anilines is 2. The summed E-state index contributed by atoms with van der Waals surface area (Å²) in [6.45, 7) is 2.25. The molecule has 1 saturated heterocycles. The van der Waals surface area contributed by atoms with Gasteiger partial charge in [0.2, 0.25) is 5.91 Å². The van der Waals surface area contributed by atoms with Crippen LogP contribution in [0.5, 0.6) is 5.75 Å². The number of hydrogen-bond acceptors (Lipinski definition) is 6. The molecule has 1 aliphatic heterocycles. The summed E-state index contributed by atoms with van der Waals surface area (Å²) in [6.07, 6.45) is 3.14. The molecule has 0 spiro atoms. The average molecular weight is 500 g/mol. The first-order valence-corrected chi connectivity index (χ1v) is 11.9. The molecule has 37 heavy (non-hydrogen) atoms. The summed E-state index contributed by atoms with van der Waals surface area (Å²) < 4.78 is 10.0. The molecular formula is C29H29N3O5. The van der Waals surface area contributed by atoms with Gasteiger partial charge in [-0.1, -0.05) is 30.3 Å². The van der Waals surface area contributed by atoms with Crippen molar-refractivity contribution >= 4 is 35.2 Å². The summed E-state index contributed by atoms with van der Waals surface area (Å²) in [4.78, 5) is 41.7. The molecule has 0 atom stereocenters. The third kappa shape index (κ3) is 6.35. The summed E-state index contributed by atoms with van der Waals surface area (Å²) >= 11 is 0. The van der Waals surface area contributed by atoms with Crippen molar-refractivity contribution < 1.29 is 23.9 Å². The van der Waals surface area contributed by atoms with Crippen LogP contribution in [0.1, 0.15) is 26.3 Å². The fraction of sp³-hybridized carbons (Fsp3) is 0.207. The number of nitrogens with zero attached hydrogens (tertiary/aromatic N) is 2. The Bertz CT molecular complexity index is 1280. The van der Waals surface area contributed by atoms with Gasteiger partial charge in [0.15, 0.2) is 0 Å². The fourth-order valence-corrected chi connectivity index (χ4v) is 4.13. The largest absolute Gasteiger partial charge is 0.497 e. The first kappa shape index (κ1) is 25.5. The van der Waals surface area contributed by atoms with Gasteiger partial charge in [0.05, 0.1) is 31.2 Å². The maximum Gasteiger partial charge on any atom is 0.337 e. The van der Waals surface area contributed by atoms with Crippen molar-refractivity contribution in [3.8, 4) is 5.75 Å². The van der Waals surface area contributed by atoms with Crippen molar-refractivity contribution in [1.29, 1.82) is 0 Å². The zero-order valence-corrected chi connectivity index (χ0v) is 20.8. The Labute approximate surface area is 216 Å². The Kier molecular flexibility index (Phi) is 8.20. The van der Waals surface area contributed by atoms with E-state index in [0.29, 0.717) is 43.0 Å². The predicted molar refractivity (Wildman–Crippen MR) is 143 cm³/mol. The highest BCUT2D eigenvalue weighted by molar-refractivity contribution is 6.05. The van der Waals surface area contributed by atoms with E-state index in [1.165, 1.54) is 13.2 Å². The van der Waals surface area contributed by atoms with Gasteiger partial charge in [-0.3, -0.25) is 9.59 Å². The number of nitrogens with one attached hydrogen (secondary N) is 1. The van der Waals surface area contributed by atoms with Crippen LogP contribution >= 0.6 is 0 Å². The van der Waals surface area contributed by atoms with Crippen LogP contribution in [-0.4, -0.2) is 63.1 Å². The molecule has 1 aliphatic rings. The van der Waals surface area contributed by atoms with E-state index in [9.17, 15) is 14.4 Å². The monoisotopic (exact) mass is 499 g/mol. The number of piperazine rings is 1. The van der Waals surface area contributed by atoms with Crippen molar-refractivity contribution in [1.82, 2.24) is 4.90 Å². The molecular weight excluding hydrogens is 470 g/mol. The third-order valence-electron chi connectivity index (χ3n) is 6.15. The predicted octanol–water partition coefficient (Wildman–Crippen LogP) is 4.10. The van der Waals surface area contributed by atoms with E-state index < -0.39 is 5.97 Å². The summed E-state index contributed by atoms with van der Waals surface area (Å²) in [5.41, 5.74) is 3.10. The Balaban J connectivity index is 1.49. The molecule has 0 unspecified atom stereocenters. The number of hydrogen-bond donors (Lipinski definition) is 1. The SMILES string of the molecule is COC(=O)c1ccc(N2CCN(C(=O)c3ccccc3)CC2)c(NC(=O)/C=C/c2ccc(OC)cc2)c1. The van der Waals surface area contributed by atoms with Crippen molar-refractivity contribution in [2.24, 2.45) is 0 Å². The molecule has 0 aliphatic carbocycles. The van der Waals surface area contributed by atoms with Crippen LogP contribution in [0.3, 0.4) is 0 Å². The van der Waals surface area contributed by atoms with E-state index in [1.807, 2.05) is 59.5 Å².